The van der Waals surface area contributed by atoms with Gasteiger partial charge in [-0.2, -0.15) is 4.98 Å². The van der Waals surface area contributed by atoms with Crippen LogP contribution in [0.3, 0.4) is 0 Å². The Balaban J connectivity index is 1.52. The van der Waals surface area contributed by atoms with Crippen molar-refractivity contribution in [3.8, 4) is 11.3 Å². The second-order valence-electron chi connectivity index (χ2n) is 9.88. The van der Waals surface area contributed by atoms with Crippen molar-refractivity contribution >= 4 is 29.6 Å². The van der Waals surface area contributed by atoms with Crippen molar-refractivity contribution in [2.45, 2.75) is 39.4 Å². The lowest BCUT2D eigenvalue weighted by atomic mass is 10.1. The molecule has 1 unspecified atom stereocenters. The maximum atomic E-state index is 12.2. The lowest BCUT2D eigenvalue weighted by molar-refractivity contribution is -0.129. The van der Waals surface area contributed by atoms with E-state index in [2.05, 4.69) is 23.6 Å². The largest absolute Gasteiger partial charge is 0.339 e. The normalized spacial score (nSPS) is 17.7. The number of carbonyl (C=O) groups is 2. The molecule has 5 rings (SSSR count). The van der Waals surface area contributed by atoms with Gasteiger partial charge in [0.25, 0.3) is 0 Å². The van der Waals surface area contributed by atoms with Crippen LogP contribution in [-0.2, 0) is 16.1 Å². The number of amides is 1. The minimum Gasteiger partial charge on any atom is -0.339 e. The van der Waals surface area contributed by atoms with E-state index in [1.54, 1.807) is 6.92 Å². The van der Waals surface area contributed by atoms with Gasteiger partial charge in [-0.1, -0.05) is 30.3 Å². The summed E-state index contributed by atoms with van der Waals surface area (Å²) >= 11 is 0. The minimum atomic E-state index is -0.416. The summed E-state index contributed by atoms with van der Waals surface area (Å²) in [6.45, 7) is 8.93. The number of hydrogen-bond donors (Lipinski definition) is 0. The molecule has 3 aromatic rings. The summed E-state index contributed by atoms with van der Waals surface area (Å²) in [5, 5.41) is 0. The highest BCUT2D eigenvalue weighted by Gasteiger charge is 2.37. The number of piperazine rings is 1. The van der Waals surface area contributed by atoms with Crippen LogP contribution < -0.4 is 9.80 Å². The molecule has 192 valence electrons. The molecule has 2 aromatic heterocycles. The van der Waals surface area contributed by atoms with Gasteiger partial charge in [-0.3, -0.25) is 14.7 Å². The van der Waals surface area contributed by atoms with E-state index in [9.17, 15) is 9.59 Å². The number of benzene rings is 1. The number of nitrogens with zero attached hydrogens (tertiary/aromatic N) is 7. The molecule has 1 atom stereocenters. The quantitative estimate of drug-likeness (QED) is 0.477. The molecule has 2 aliphatic heterocycles. The molecule has 0 spiro atoms. The zero-order valence-corrected chi connectivity index (χ0v) is 21.8. The van der Waals surface area contributed by atoms with E-state index in [0.29, 0.717) is 38.7 Å². The Morgan fingerprint density at radius 2 is 1.78 bits per heavy atom. The van der Waals surface area contributed by atoms with Crippen molar-refractivity contribution in [2.75, 3.05) is 43.0 Å². The van der Waals surface area contributed by atoms with E-state index in [1.165, 1.54) is 0 Å². The summed E-state index contributed by atoms with van der Waals surface area (Å²) in [6, 6.07) is 13.9. The molecule has 1 fully saturated rings. The third-order valence-corrected chi connectivity index (χ3v) is 7.31. The number of anilines is 3. The van der Waals surface area contributed by atoms with Crippen LogP contribution in [0.15, 0.2) is 48.7 Å². The molecule has 4 heterocycles. The number of carbonyl (C=O) groups excluding carboxylic acids is 2. The van der Waals surface area contributed by atoms with E-state index in [-0.39, 0.29) is 11.9 Å². The highest BCUT2D eigenvalue weighted by atomic mass is 16.2. The molecule has 2 aliphatic rings. The monoisotopic (exact) mass is 499 g/mol. The first-order chi connectivity index (χ1) is 17.9. The standard InChI is InChI=1S/C28H33N7O2/c1-19(2)35-17-23-26(25(35)18-36)30-28(34-14-12-33(13-15-34)20(3)37)31-27(23)32(4)22-10-11-24(29-16-22)21-8-6-5-7-9-21/h5-11,16,18-19,25H,12-15,17H2,1-4H3. The third kappa shape index (κ3) is 4.79. The molecule has 1 saturated heterocycles. The lowest BCUT2D eigenvalue weighted by Gasteiger charge is -2.35. The summed E-state index contributed by atoms with van der Waals surface area (Å²) in [6.07, 6.45) is 2.84. The van der Waals surface area contributed by atoms with Gasteiger partial charge in [0.2, 0.25) is 11.9 Å². The van der Waals surface area contributed by atoms with Gasteiger partial charge < -0.3 is 19.5 Å². The van der Waals surface area contributed by atoms with Crippen molar-refractivity contribution in [1.82, 2.24) is 24.8 Å². The summed E-state index contributed by atoms with van der Waals surface area (Å²) in [7, 11) is 1.98. The molecule has 0 radical (unpaired) electrons. The number of pyridine rings is 1. The Hall–Kier alpha value is -3.85. The molecule has 9 heteroatoms. The Kier molecular flexibility index (Phi) is 6.88. The average molecular weight is 500 g/mol. The predicted molar refractivity (Wildman–Crippen MR) is 144 cm³/mol. The van der Waals surface area contributed by atoms with E-state index in [4.69, 9.17) is 15.0 Å². The van der Waals surface area contributed by atoms with Crippen molar-refractivity contribution < 1.29 is 9.59 Å². The molecular formula is C28H33N7O2. The number of aldehydes is 1. The van der Waals surface area contributed by atoms with Crippen LogP contribution in [0.5, 0.6) is 0 Å². The van der Waals surface area contributed by atoms with E-state index < -0.39 is 6.04 Å². The number of aromatic nitrogens is 3. The van der Waals surface area contributed by atoms with Gasteiger partial charge in [0.05, 0.1) is 23.3 Å². The number of rotatable bonds is 6. The Bertz CT molecular complexity index is 1270. The molecule has 0 aliphatic carbocycles. The topological polar surface area (TPSA) is 85.8 Å². The Morgan fingerprint density at radius 1 is 1.05 bits per heavy atom. The number of hydrogen-bond acceptors (Lipinski definition) is 8. The fraction of sp³-hybridized carbons (Fsp3) is 0.393. The summed E-state index contributed by atoms with van der Waals surface area (Å²) in [5.74, 6) is 1.45. The molecule has 1 aromatic carbocycles. The maximum Gasteiger partial charge on any atom is 0.227 e. The van der Waals surface area contributed by atoms with Gasteiger partial charge in [-0.05, 0) is 26.0 Å². The van der Waals surface area contributed by atoms with E-state index in [0.717, 1.165) is 40.3 Å². The van der Waals surface area contributed by atoms with Gasteiger partial charge in [0, 0.05) is 63.9 Å². The second kappa shape index (κ2) is 10.3. The molecule has 0 saturated carbocycles. The average Bonchev–Trinajstić information content (AvgIpc) is 3.32. The van der Waals surface area contributed by atoms with Gasteiger partial charge in [-0.15, -0.1) is 0 Å². The summed E-state index contributed by atoms with van der Waals surface area (Å²) in [4.78, 5) is 46.8. The fourth-order valence-corrected chi connectivity index (χ4v) is 5.08. The smallest absolute Gasteiger partial charge is 0.227 e. The van der Waals surface area contributed by atoms with Crippen LogP contribution in [0.25, 0.3) is 11.3 Å². The van der Waals surface area contributed by atoms with E-state index >= 15 is 0 Å². The van der Waals surface area contributed by atoms with Crippen molar-refractivity contribution in [3.05, 3.63) is 59.9 Å². The molecule has 0 N–H and O–H groups in total. The van der Waals surface area contributed by atoms with Crippen LogP contribution in [0.2, 0.25) is 0 Å². The highest BCUT2D eigenvalue weighted by molar-refractivity contribution is 5.74. The highest BCUT2D eigenvalue weighted by Crippen LogP contribution is 2.40. The van der Waals surface area contributed by atoms with Gasteiger partial charge in [-0.25, -0.2) is 4.98 Å². The molecule has 37 heavy (non-hydrogen) atoms. The third-order valence-electron chi connectivity index (χ3n) is 7.31. The maximum absolute atomic E-state index is 12.2. The van der Waals surface area contributed by atoms with Crippen LogP contribution in [0.1, 0.15) is 38.1 Å². The van der Waals surface area contributed by atoms with Crippen LogP contribution in [0, 0.1) is 0 Å². The van der Waals surface area contributed by atoms with Crippen molar-refractivity contribution in [1.29, 1.82) is 0 Å². The first-order valence-electron chi connectivity index (χ1n) is 12.7. The molecule has 9 nitrogen and oxygen atoms in total. The lowest BCUT2D eigenvalue weighted by Crippen LogP contribution is -2.48. The molecule has 0 bridgehead atoms. The second-order valence-corrected chi connectivity index (χ2v) is 9.88. The van der Waals surface area contributed by atoms with Crippen molar-refractivity contribution in [3.63, 3.8) is 0 Å². The van der Waals surface area contributed by atoms with Gasteiger partial charge in [0.1, 0.15) is 18.1 Å². The minimum absolute atomic E-state index is 0.0787. The van der Waals surface area contributed by atoms with Crippen LogP contribution >= 0.6 is 0 Å². The molecule has 1 amide bonds. The van der Waals surface area contributed by atoms with Gasteiger partial charge in [0.15, 0.2) is 0 Å². The van der Waals surface area contributed by atoms with Crippen LogP contribution in [0.4, 0.5) is 17.5 Å². The Morgan fingerprint density at radius 3 is 2.38 bits per heavy atom. The first-order valence-corrected chi connectivity index (χ1v) is 12.7. The Labute approximate surface area is 217 Å². The SMILES string of the molecule is CC(=O)N1CCN(c2nc3c(c(N(C)c4ccc(-c5ccccc5)nc4)n2)CN(C(C)C)C3C=O)CC1. The first kappa shape index (κ1) is 24.8. The fourth-order valence-electron chi connectivity index (χ4n) is 5.08. The molecular weight excluding hydrogens is 466 g/mol. The summed E-state index contributed by atoms with van der Waals surface area (Å²) in [5.41, 5.74) is 4.60. The number of fused-ring (bicyclic) bond motifs is 1. The van der Waals surface area contributed by atoms with E-state index in [1.807, 2.05) is 65.5 Å². The zero-order chi connectivity index (χ0) is 26.1. The van der Waals surface area contributed by atoms with Crippen molar-refractivity contribution in [2.24, 2.45) is 0 Å². The predicted octanol–water partition coefficient (Wildman–Crippen LogP) is 3.44. The van der Waals surface area contributed by atoms with Gasteiger partial charge >= 0.3 is 0 Å². The van der Waals surface area contributed by atoms with Crippen LogP contribution in [-0.4, -0.2) is 76.2 Å². The summed E-state index contributed by atoms with van der Waals surface area (Å²) < 4.78 is 0. The zero-order valence-electron chi connectivity index (χ0n) is 21.8.